The van der Waals surface area contributed by atoms with Gasteiger partial charge in [-0.15, -0.1) is 0 Å². The summed E-state index contributed by atoms with van der Waals surface area (Å²) in [5.74, 6) is 0.253. The maximum absolute atomic E-state index is 13.4. The van der Waals surface area contributed by atoms with Gasteiger partial charge in [0.25, 0.3) is 0 Å². The number of halogens is 3. The summed E-state index contributed by atoms with van der Waals surface area (Å²) in [7, 11) is -2.43. The molecule has 34 heavy (non-hydrogen) atoms. The number of hydrogen-bond donors (Lipinski definition) is 1. The fraction of sp³-hybridized carbons (Fsp3) is 0.208. The van der Waals surface area contributed by atoms with Crippen molar-refractivity contribution in [2.24, 2.45) is 0 Å². The van der Waals surface area contributed by atoms with E-state index in [0.29, 0.717) is 21.4 Å². The smallest absolute Gasteiger partial charge is 0.243 e. The zero-order valence-corrected chi connectivity index (χ0v) is 22.4. The van der Waals surface area contributed by atoms with E-state index in [9.17, 15) is 13.2 Å². The minimum absolute atomic E-state index is 0.0665. The van der Waals surface area contributed by atoms with Crippen LogP contribution < -0.4 is 10.1 Å². The fourth-order valence-corrected chi connectivity index (χ4v) is 5.35. The largest absolute Gasteiger partial charge is 0.497 e. The minimum Gasteiger partial charge on any atom is -0.497 e. The molecular weight excluding hydrogens is 563 g/mol. The predicted octanol–water partition coefficient (Wildman–Crippen LogP) is 5.83. The summed E-state index contributed by atoms with van der Waals surface area (Å²) in [4.78, 5) is 13.0. The van der Waals surface area contributed by atoms with Gasteiger partial charge in [-0.3, -0.25) is 4.79 Å². The fourth-order valence-electron chi connectivity index (χ4n) is 3.24. The standard InChI is InChI=1S/C24H23BrCl2N2O4S/c1-16(17-4-9-21(33-2)10-5-17)28-24(30)15-29(14-18-3-8-20(26)13-23(18)27)34(31,32)22-11-6-19(25)7-12-22/h3-13,16H,14-15H2,1-2H3,(H,28,30)/t16-/m1/s1. The van der Waals surface area contributed by atoms with E-state index < -0.39 is 22.5 Å². The van der Waals surface area contributed by atoms with Crippen molar-refractivity contribution in [3.8, 4) is 5.75 Å². The summed E-state index contributed by atoms with van der Waals surface area (Å²) >= 11 is 15.6. The van der Waals surface area contributed by atoms with Crippen molar-refractivity contribution in [3.63, 3.8) is 0 Å². The van der Waals surface area contributed by atoms with Crippen LogP contribution in [0.3, 0.4) is 0 Å². The molecule has 0 aliphatic carbocycles. The van der Waals surface area contributed by atoms with Gasteiger partial charge >= 0.3 is 0 Å². The molecule has 0 aliphatic heterocycles. The van der Waals surface area contributed by atoms with Crippen molar-refractivity contribution < 1.29 is 17.9 Å². The summed E-state index contributed by atoms with van der Waals surface area (Å²) in [5, 5.41) is 3.61. The number of sulfonamides is 1. The number of hydrogen-bond acceptors (Lipinski definition) is 4. The molecule has 0 saturated heterocycles. The molecule has 0 radical (unpaired) electrons. The Hall–Kier alpha value is -2.10. The van der Waals surface area contributed by atoms with Crippen molar-refractivity contribution in [1.82, 2.24) is 9.62 Å². The van der Waals surface area contributed by atoms with Gasteiger partial charge in [0, 0.05) is 21.1 Å². The molecule has 1 amide bonds. The first-order chi connectivity index (χ1) is 16.1. The van der Waals surface area contributed by atoms with Crippen LogP contribution in [0.2, 0.25) is 10.0 Å². The number of nitrogens with zero attached hydrogens (tertiary/aromatic N) is 1. The Labute approximate surface area is 218 Å². The molecule has 0 aliphatic rings. The summed E-state index contributed by atoms with van der Waals surface area (Å²) in [5.41, 5.74) is 1.39. The highest BCUT2D eigenvalue weighted by molar-refractivity contribution is 9.10. The number of ether oxygens (including phenoxy) is 1. The van der Waals surface area contributed by atoms with Crippen LogP contribution in [0, 0.1) is 0 Å². The molecule has 1 atom stereocenters. The summed E-state index contributed by atoms with van der Waals surface area (Å²) in [6.45, 7) is 1.33. The number of amides is 1. The van der Waals surface area contributed by atoms with E-state index in [1.165, 1.54) is 18.2 Å². The first kappa shape index (κ1) is 26.5. The highest BCUT2D eigenvalue weighted by atomic mass is 79.9. The number of carbonyl (C=O) groups excluding carboxylic acids is 1. The van der Waals surface area contributed by atoms with Gasteiger partial charge in [0.15, 0.2) is 0 Å². The van der Waals surface area contributed by atoms with Crippen molar-refractivity contribution in [2.45, 2.75) is 24.4 Å². The van der Waals surface area contributed by atoms with Gasteiger partial charge in [0.05, 0.1) is 24.6 Å². The summed E-state index contributed by atoms with van der Waals surface area (Å²) in [6.07, 6.45) is 0. The lowest BCUT2D eigenvalue weighted by atomic mass is 10.1. The minimum atomic E-state index is -4.00. The number of rotatable bonds is 9. The first-order valence-electron chi connectivity index (χ1n) is 10.2. The molecule has 3 rings (SSSR count). The second-order valence-electron chi connectivity index (χ2n) is 7.53. The van der Waals surface area contributed by atoms with Crippen molar-refractivity contribution in [1.29, 1.82) is 0 Å². The van der Waals surface area contributed by atoms with E-state index in [1.54, 1.807) is 43.5 Å². The van der Waals surface area contributed by atoms with Crippen molar-refractivity contribution in [3.05, 3.63) is 92.4 Å². The van der Waals surface area contributed by atoms with E-state index in [-0.39, 0.29) is 17.5 Å². The number of nitrogens with one attached hydrogen (secondary N) is 1. The first-order valence-corrected chi connectivity index (χ1v) is 13.2. The summed E-state index contributed by atoms with van der Waals surface area (Å²) in [6, 6.07) is 18.0. The number of methoxy groups -OCH3 is 1. The maximum atomic E-state index is 13.4. The average molecular weight is 586 g/mol. The Balaban J connectivity index is 1.84. The third-order valence-electron chi connectivity index (χ3n) is 5.13. The van der Waals surface area contributed by atoms with Crippen LogP contribution in [0.25, 0.3) is 0 Å². The monoisotopic (exact) mass is 584 g/mol. The van der Waals surface area contributed by atoms with Crippen LogP contribution in [0.4, 0.5) is 0 Å². The van der Waals surface area contributed by atoms with Gasteiger partial charge in [-0.05, 0) is 66.6 Å². The van der Waals surface area contributed by atoms with E-state index in [2.05, 4.69) is 21.2 Å². The van der Waals surface area contributed by atoms with Crippen LogP contribution in [0.5, 0.6) is 5.75 Å². The lowest BCUT2D eigenvalue weighted by Crippen LogP contribution is -2.41. The Bertz CT molecular complexity index is 1250. The van der Waals surface area contributed by atoms with Gasteiger partial charge in [-0.1, -0.05) is 57.3 Å². The third-order valence-corrected chi connectivity index (χ3v) is 8.05. The molecule has 10 heteroatoms. The molecule has 3 aromatic rings. The zero-order valence-electron chi connectivity index (χ0n) is 18.5. The highest BCUT2D eigenvalue weighted by Crippen LogP contribution is 2.26. The quantitative estimate of drug-likeness (QED) is 0.343. The Kier molecular flexibility index (Phi) is 9.01. The van der Waals surface area contributed by atoms with Gasteiger partial charge < -0.3 is 10.1 Å². The topological polar surface area (TPSA) is 75.7 Å². The molecule has 0 saturated carbocycles. The zero-order chi connectivity index (χ0) is 24.9. The second-order valence-corrected chi connectivity index (χ2v) is 11.2. The lowest BCUT2D eigenvalue weighted by Gasteiger charge is -2.24. The average Bonchev–Trinajstić information content (AvgIpc) is 2.80. The van der Waals surface area contributed by atoms with Crippen LogP contribution in [0.1, 0.15) is 24.1 Å². The van der Waals surface area contributed by atoms with Gasteiger partial charge in [-0.25, -0.2) is 8.42 Å². The van der Waals surface area contributed by atoms with Gasteiger partial charge in [0.2, 0.25) is 15.9 Å². The number of benzene rings is 3. The van der Waals surface area contributed by atoms with Crippen LogP contribution in [-0.2, 0) is 21.4 Å². The van der Waals surface area contributed by atoms with Crippen LogP contribution in [0.15, 0.2) is 76.1 Å². The molecule has 0 bridgehead atoms. The van der Waals surface area contributed by atoms with E-state index in [4.69, 9.17) is 27.9 Å². The van der Waals surface area contributed by atoms with E-state index in [1.807, 2.05) is 19.1 Å². The van der Waals surface area contributed by atoms with E-state index in [0.717, 1.165) is 14.3 Å². The number of carbonyl (C=O) groups is 1. The van der Waals surface area contributed by atoms with Crippen molar-refractivity contribution >= 4 is 55.1 Å². The maximum Gasteiger partial charge on any atom is 0.243 e. The summed E-state index contributed by atoms with van der Waals surface area (Å²) < 4.78 is 33.9. The molecular formula is C24H23BrCl2N2O4S. The molecule has 6 nitrogen and oxygen atoms in total. The molecule has 3 aromatic carbocycles. The highest BCUT2D eigenvalue weighted by Gasteiger charge is 2.28. The molecule has 0 spiro atoms. The lowest BCUT2D eigenvalue weighted by molar-refractivity contribution is -0.122. The molecule has 180 valence electrons. The van der Waals surface area contributed by atoms with Gasteiger partial charge in [0.1, 0.15) is 5.75 Å². The second kappa shape index (κ2) is 11.6. The van der Waals surface area contributed by atoms with Crippen LogP contribution in [-0.4, -0.2) is 32.3 Å². The van der Waals surface area contributed by atoms with Crippen molar-refractivity contribution in [2.75, 3.05) is 13.7 Å². The normalized spacial score (nSPS) is 12.4. The molecule has 0 unspecified atom stereocenters. The van der Waals surface area contributed by atoms with Crippen LogP contribution >= 0.6 is 39.1 Å². The molecule has 0 fully saturated rings. The van der Waals surface area contributed by atoms with E-state index >= 15 is 0 Å². The molecule has 0 heterocycles. The molecule has 1 N–H and O–H groups in total. The Morgan fingerprint density at radius 3 is 2.29 bits per heavy atom. The third kappa shape index (κ3) is 6.73. The Morgan fingerprint density at radius 1 is 1.06 bits per heavy atom. The SMILES string of the molecule is COc1ccc([C@@H](C)NC(=O)CN(Cc2ccc(Cl)cc2Cl)S(=O)(=O)c2ccc(Br)cc2)cc1. The molecule has 0 aromatic heterocycles. The van der Waals surface area contributed by atoms with Gasteiger partial charge in [-0.2, -0.15) is 4.31 Å². The Morgan fingerprint density at radius 2 is 1.71 bits per heavy atom. The predicted molar refractivity (Wildman–Crippen MR) is 138 cm³/mol.